The van der Waals surface area contributed by atoms with Crippen LogP contribution >= 0.6 is 0 Å². The van der Waals surface area contributed by atoms with Crippen LogP contribution in [-0.2, 0) is 12.0 Å². The first kappa shape index (κ1) is 18.9. The molecule has 3 rings (SSSR count). The molecule has 0 aromatic heterocycles. The normalized spacial score (nSPS) is 17.9. The first-order chi connectivity index (χ1) is 12.5. The van der Waals surface area contributed by atoms with Gasteiger partial charge in [0.2, 0.25) is 0 Å². The third-order valence-corrected chi connectivity index (χ3v) is 5.12. The highest BCUT2D eigenvalue weighted by atomic mass is 14.9. The molecule has 138 valence electrons. The van der Waals surface area contributed by atoms with Gasteiger partial charge in [-0.05, 0) is 59.6 Å². The molecule has 0 radical (unpaired) electrons. The average Bonchev–Trinajstić information content (AvgIpc) is 3.13. The third kappa shape index (κ3) is 5.55. The van der Waals surface area contributed by atoms with Crippen LogP contribution < -0.4 is 10.6 Å². The molecule has 1 heterocycles. The quantitative estimate of drug-likeness (QED) is 0.729. The lowest BCUT2D eigenvalue weighted by molar-refractivity contribution is 0.512. The highest BCUT2D eigenvalue weighted by molar-refractivity contribution is 5.70. The monoisotopic (exact) mass is 348 g/mol. The standard InChI is InChI=1S/C24H32N2/c1-24(2,3)23-11-9-19(10-12-23)7-8-20-5-4-6-21(15-20)16-26-18-22-13-14-25-17-22/h4-12,15,22,25-26H,13-14,16-18H2,1-3H3. The summed E-state index contributed by atoms with van der Waals surface area (Å²) in [5, 5.41) is 7.03. The topological polar surface area (TPSA) is 24.1 Å². The van der Waals surface area contributed by atoms with E-state index in [1.54, 1.807) is 0 Å². The average molecular weight is 349 g/mol. The molecule has 1 fully saturated rings. The van der Waals surface area contributed by atoms with E-state index in [-0.39, 0.29) is 5.41 Å². The second-order valence-corrected chi connectivity index (χ2v) is 8.44. The van der Waals surface area contributed by atoms with Crippen molar-refractivity contribution in [3.63, 3.8) is 0 Å². The van der Waals surface area contributed by atoms with Gasteiger partial charge in [0.05, 0.1) is 0 Å². The van der Waals surface area contributed by atoms with Crippen LogP contribution in [0.3, 0.4) is 0 Å². The molecule has 2 N–H and O–H groups in total. The number of rotatable bonds is 6. The van der Waals surface area contributed by atoms with Gasteiger partial charge < -0.3 is 10.6 Å². The van der Waals surface area contributed by atoms with E-state index in [2.05, 4.69) is 92.1 Å². The fourth-order valence-electron chi connectivity index (χ4n) is 3.40. The summed E-state index contributed by atoms with van der Waals surface area (Å²) in [5.41, 5.74) is 5.43. The maximum Gasteiger partial charge on any atom is 0.0205 e. The molecule has 1 unspecified atom stereocenters. The van der Waals surface area contributed by atoms with Gasteiger partial charge in [0.25, 0.3) is 0 Å². The predicted molar refractivity (Wildman–Crippen MR) is 113 cm³/mol. The smallest absolute Gasteiger partial charge is 0.0205 e. The SMILES string of the molecule is CC(C)(C)c1ccc(C=Cc2cccc(CNCC3CCNC3)c2)cc1. The van der Waals surface area contributed by atoms with Gasteiger partial charge in [0.15, 0.2) is 0 Å². The first-order valence-corrected chi connectivity index (χ1v) is 9.80. The van der Waals surface area contributed by atoms with Crippen LogP contribution in [0.5, 0.6) is 0 Å². The zero-order valence-electron chi connectivity index (χ0n) is 16.4. The van der Waals surface area contributed by atoms with Crippen molar-refractivity contribution in [2.24, 2.45) is 5.92 Å². The molecular formula is C24H32N2. The first-order valence-electron chi connectivity index (χ1n) is 9.80. The Morgan fingerprint density at radius 3 is 2.50 bits per heavy atom. The summed E-state index contributed by atoms with van der Waals surface area (Å²) in [6.45, 7) is 11.1. The third-order valence-electron chi connectivity index (χ3n) is 5.12. The van der Waals surface area contributed by atoms with Crippen LogP contribution in [-0.4, -0.2) is 19.6 Å². The molecule has 0 bridgehead atoms. The van der Waals surface area contributed by atoms with Crippen molar-refractivity contribution < 1.29 is 0 Å². The van der Waals surface area contributed by atoms with Crippen molar-refractivity contribution in [2.75, 3.05) is 19.6 Å². The summed E-state index contributed by atoms with van der Waals surface area (Å²) in [6.07, 6.45) is 5.70. The van der Waals surface area contributed by atoms with E-state index < -0.39 is 0 Å². The van der Waals surface area contributed by atoms with Gasteiger partial charge in [-0.3, -0.25) is 0 Å². The van der Waals surface area contributed by atoms with Gasteiger partial charge in [0, 0.05) is 6.54 Å². The summed E-state index contributed by atoms with van der Waals surface area (Å²) < 4.78 is 0. The number of hydrogen-bond donors (Lipinski definition) is 2. The minimum absolute atomic E-state index is 0.206. The molecule has 1 aliphatic rings. The van der Waals surface area contributed by atoms with Gasteiger partial charge in [-0.25, -0.2) is 0 Å². The fourth-order valence-corrected chi connectivity index (χ4v) is 3.40. The summed E-state index contributed by atoms with van der Waals surface area (Å²) in [4.78, 5) is 0. The minimum Gasteiger partial charge on any atom is -0.316 e. The number of hydrogen-bond acceptors (Lipinski definition) is 2. The number of benzene rings is 2. The highest BCUT2D eigenvalue weighted by Crippen LogP contribution is 2.22. The van der Waals surface area contributed by atoms with Gasteiger partial charge in [-0.2, -0.15) is 0 Å². The fraction of sp³-hybridized carbons (Fsp3) is 0.417. The zero-order valence-corrected chi connectivity index (χ0v) is 16.4. The molecule has 0 aliphatic carbocycles. The Bertz CT molecular complexity index is 717. The lowest BCUT2D eigenvalue weighted by atomic mass is 9.87. The van der Waals surface area contributed by atoms with E-state index in [0.29, 0.717) is 0 Å². The molecule has 2 heteroatoms. The second kappa shape index (κ2) is 8.66. The van der Waals surface area contributed by atoms with Gasteiger partial charge in [-0.1, -0.05) is 81.5 Å². The zero-order chi connectivity index (χ0) is 18.4. The Labute approximate surface area is 158 Å². The van der Waals surface area contributed by atoms with Gasteiger partial charge in [0.1, 0.15) is 0 Å². The Morgan fingerprint density at radius 1 is 1.04 bits per heavy atom. The van der Waals surface area contributed by atoms with E-state index in [4.69, 9.17) is 0 Å². The molecule has 0 saturated carbocycles. The molecule has 0 amide bonds. The van der Waals surface area contributed by atoms with E-state index in [9.17, 15) is 0 Å². The molecular weight excluding hydrogens is 316 g/mol. The van der Waals surface area contributed by atoms with E-state index >= 15 is 0 Å². The molecule has 26 heavy (non-hydrogen) atoms. The van der Waals surface area contributed by atoms with Gasteiger partial charge in [-0.15, -0.1) is 0 Å². The van der Waals surface area contributed by atoms with Crippen molar-refractivity contribution >= 4 is 12.2 Å². The Kier molecular flexibility index (Phi) is 6.29. The van der Waals surface area contributed by atoms with Crippen molar-refractivity contribution in [2.45, 2.75) is 39.2 Å². The summed E-state index contributed by atoms with van der Waals surface area (Å²) >= 11 is 0. The van der Waals surface area contributed by atoms with Crippen LogP contribution in [0, 0.1) is 5.92 Å². The largest absolute Gasteiger partial charge is 0.316 e. The maximum atomic E-state index is 3.60. The Balaban J connectivity index is 1.56. The van der Waals surface area contributed by atoms with Gasteiger partial charge >= 0.3 is 0 Å². The predicted octanol–water partition coefficient (Wildman–Crippen LogP) is 4.85. The Morgan fingerprint density at radius 2 is 1.81 bits per heavy atom. The van der Waals surface area contributed by atoms with Crippen LogP contribution in [0.1, 0.15) is 49.4 Å². The van der Waals surface area contributed by atoms with Crippen LogP contribution in [0.4, 0.5) is 0 Å². The summed E-state index contributed by atoms with van der Waals surface area (Å²) in [6, 6.07) is 17.7. The Hall–Kier alpha value is -1.90. The minimum atomic E-state index is 0.206. The molecule has 0 spiro atoms. The van der Waals surface area contributed by atoms with Crippen LogP contribution in [0.15, 0.2) is 48.5 Å². The molecule has 1 aliphatic heterocycles. The molecule has 1 saturated heterocycles. The second-order valence-electron chi connectivity index (χ2n) is 8.44. The van der Waals surface area contributed by atoms with E-state index in [0.717, 1.165) is 25.6 Å². The van der Waals surface area contributed by atoms with Crippen LogP contribution in [0.2, 0.25) is 0 Å². The molecule has 2 aromatic carbocycles. The summed E-state index contributed by atoms with van der Waals surface area (Å²) in [7, 11) is 0. The van der Waals surface area contributed by atoms with E-state index in [1.807, 2.05) is 0 Å². The van der Waals surface area contributed by atoms with E-state index in [1.165, 1.54) is 35.2 Å². The van der Waals surface area contributed by atoms with Crippen molar-refractivity contribution in [1.29, 1.82) is 0 Å². The molecule has 1 atom stereocenters. The van der Waals surface area contributed by atoms with Crippen LogP contribution in [0.25, 0.3) is 12.2 Å². The molecule has 2 nitrogen and oxygen atoms in total. The lowest BCUT2D eigenvalue weighted by Crippen LogP contribution is -2.24. The molecule has 2 aromatic rings. The van der Waals surface area contributed by atoms with Crippen molar-refractivity contribution in [3.05, 3.63) is 70.8 Å². The highest BCUT2D eigenvalue weighted by Gasteiger charge is 2.13. The summed E-state index contributed by atoms with van der Waals surface area (Å²) in [5.74, 6) is 0.786. The number of nitrogens with one attached hydrogen (secondary N) is 2. The van der Waals surface area contributed by atoms with Crippen molar-refractivity contribution in [3.8, 4) is 0 Å². The van der Waals surface area contributed by atoms with Crippen molar-refractivity contribution in [1.82, 2.24) is 10.6 Å². The maximum absolute atomic E-state index is 3.60. The lowest BCUT2D eigenvalue weighted by Gasteiger charge is -2.18.